The highest BCUT2D eigenvalue weighted by Crippen LogP contribution is 2.10. The Labute approximate surface area is 92.5 Å². The summed E-state index contributed by atoms with van der Waals surface area (Å²) in [5.41, 5.74) is 0.949. The van der Waals surface area contributed by atoms with Crippen molar-refractivity contribution in [2.45, 2.75) is 0 Å². The molecule has 16 heavy (non-hydrogen) atoms. The van der Waals surface area contributed by atoms with Crippen molar-refractivity contribution in [1.29, 1.82) is 0 Å². The van der Waals surface area contributed by atoms with Crippen LogP contribution in [0.5, 0.6) is 0 Å². The second kappa shape index (κ2) is 4.44. The average molecular weight is 214 g/mol. The van der Waals surface area contributed by atoms with E-state index in [1.165, 1.54) is 6.08 Å². The molecular formula is C12H10N2O2. The van der Waals surface area contributed by atoms with E-state index in [-0.39, 0.29) is 0 Å². The molecule has 2 aromatic rings. The summed E-state index contributed by atoms with van der Waals surface area (Å²) in [6.07, 6.45) is 5.96. The summed E-state index contributed by atoms with van der Waals surface area (Å²) in [6, 6.07) is 9.62. The quantitative estimate of drug-likeness (QED) is 0.795. The Kier molecular flexibility index (Phi) is 2.82. The van der Waals surface area contributed by atoms with Gasteiger partial charge in [0, 0.05) is 24.2 Å². The molecule has 0 aliphatic carbocycles. The molecule has 1 aromatic heterocycles. The summed E-state index contributed by atoms with van der Waals surface area (Å²) < 4.78 is 1.82. The summed E-state index contributed by atoms with van der Waals surface area (Å²) in [5, 5.41) is 8.55. The zero-order chi connectivity index (χ0) is 11.4. The monoisotopic (exact) mass is 214 g/mol. The Bertz CT molecular complexity index is 515. The van der Waals surface area contributed by atoms with Gasteiger partial charge in [-0.05, 0) is 18.2 Å². The highest BCUT2D eigenvalue weighted by molar-refractivity contribution is 5.84. The molecule has 4 nitrogen and oxygen atoms in total. The number of nitrogens with zero attached hydrogens (tertiary/aromatic N) is 2. The molecule has 2 rings (SSSR count). The van der Waals surface area contributed by atoms with Crippen LogP contribution in [0, 0.1) is 0 Å². The SMILES string of the molecule is O=C(O)/C=C/c1nccn1-c1ccccc1. The van der Waals surface area contributed by atoms with E-state index in [4.69, 9.17) is 5.11 Å². The van der Waals surface area contributed by atoms with Crippen molar-refractivity contribution in [1.82, 2.24) is 9.55 Å². The maximum atomic E-state index is 10.4. The molecule has 4 heteroatoms. The van der Waals surface area contributed by atoms with E-state index in [0.29, 0.717) is 5.82 Å². The molecule has 0 bridgehead atoms. The Hall–Kier alpha value is -2.36. The molecule has 1 heterocycles. The van der Waals surface area contributed by atoms with Crippen molar-refractivity contribution in [2.75, 3.05) is 0 Å². The summed E-state index contributed by atoms with van der Waals surface area (Å²) in [4.78, 5) is 14.5. The second-order valence-corrected chi connectivity index (χ2v) is 3.16. The van der Waals surface area contributed by atoms with E-state index in [1.807, 2.05) is 34.9 Å². The first kappa shape index (κ1) is 10.2. The van der Waals surface area contributed by atoms with E-state index in [1.54, 1.807) is 12.4 Å². The molecule has 0 spiro atoms. The van der Waals surface area contributed by atoms with Gasteiger partial charge in [-0.1, -0.05) is 18.2 Å². The fourth-order valence-corrected chi connectivity index (χ4v) is 1.39. The van der Waals surface area contributed by atoms with Crippen molar-refractivity contribution in [3.05, 3.63) is 54.6 Å². The lowest BCUT2D eigenvalue weighted by atomic mass is 10.3. The van der Waals surface area contributed by atoms with Crippen LogP contribution >= 0.6 is 0 Å². The predicted octanol–water partition coefficient (Wildman–Crippen LogP) is 1.97. The first-order valence-corrected chi connectivity index (χ1v) is 4.77. The lowest BCUT2D eigenvalue weighted by Gasteiger charge is -2.03. The summed E-state index contributed by atoms with van der Waals surface area (Å²) in [6.45, 7) is 0. The molecule has 0 saturated carbocycles. The van der Waals surface area contributed by atoms with Crippen LogP contribution in [0.3, 0.4) is 0 Å². The second-order valence-electron chi connectivity index (χ2n) is 3.16. The van der Waals surface area contributed by atoms with E-state index in [9.17, 15) is 4.79 Å². The van der Waals surface area contributed by atoms with Crippen molar-refractivity contribution >= 4 is 12.0 Å². The third kappa shape index (κ3) is 2.17. The number of benzene rings is 1. The summed E-state index contributed by atoms with van der Waals surface area (Å²) in [7, 11) is 0. The first-order valence-electron chi connectivity index (χ1n) is 4.77. The van der Waals surface area contributed by atoms with Gasteiger partial charge in [-0.2, -0.15) is 0 Å². The smallest absolute Gasteiger partial charge is 0.328 e. The Morgan fingerprint density at radius 1 is 1.31 bits per heavy atom. The van der Waals surface area contributed by atoms with Gasteiger partial charge >= 0.3 is 5.97 Å². The highest BCUT2D eigenvalue weighted by Gasteiger charge is 2.01. The van der Waals surface area contributed by atoms with Crippen LogP contribution in [0.4, 0.5) is 0 Å². The molecule has 0 unspecified atom stereocenters. The minimum Gasteiger partial charge on any atom is -0.478 e. The topological polar surface area (TPSA) is 55.1 Å². The van der Waals surface area contributed by atoms with E-state index < -0.39 is 5.97 Å². The van der Waals surface area contributed by atoms with Gasteiger partial charge < -0.3 is 9.67 Å². The number of aromatic nitrogens is 2. The molecule has 0 aliphatic rings. The van der Waals surface area contributed by atoms with E-state index in [0.717, 1.165) is 11.8 Å². The third-order valence-electron chi connectivity index (χ3n) is 2.08. The Morgan fingerprint density at radius 2 is 2.06 bits per heavy atom. The minimum absolute atomic E-state index is 0.591. The molecule has 1 aromatic carbocycles. The van der Waals surface area contributed by atoms with Crippen LogP contribution in [0.25, 0.3) is 11.8 Å². The van der Waals surface area contributed by atoms with Crippen LogP contribution in [0.15, 0.2) is 48.8 Å². The fraction of sp³-hybridized carbons (Fsp3) is 0. The van der Waals surface area contributed by atoms with Crippen LogP contribution in [-0.2, 0) is 4.79 Å². The van der Waals surface area contributed by atoms with Gasteiger partial charge in [0.25, 0.3) is 0 Å². The number of rotatable bonds is 3. The van der Waals surface area contributed by atoms with Gasteiger partial charge in [-0.25, -0.2) is 9.78 Å². The molecule has 0 aliphatic heterocycles. The average Bonchev–Trinajstić information content (AvgIpc) is 2.75. The zero-order valence-corrected chi connectivity index (χ0v) is 8.45. The number of carboxylic acid groups (broad SMARTS) is 1. The third-order valence-corrected chi connectivity index (χ3v) is 2.08. The molecular weight excluding hydrogens is 204 g/mol. The number of hydrogen-bond donors (Lipinski definition) is 1. The molecule has 0 atom stereocenters. The van der Waals surface area contributed by atoms with Crippen molar-refractivity contribution in [3.63, 3.8) is 0 Å². The lowest BCUT2D eigenvalue weighted by molar-refractivity contribution is -0.131. The maximum Gasteiger partial charge on any atom is 0.328 e. The molecule has 1 N–H and O–H groups in total. The molecule has 0 fully saturated rings. The van der Waals surface area contributed by atoms with Crippen LogP contribution in [-0.4, -0.2) is 20.6 Å². The zero-order valence-electron chi connectivity index (χ0n) is 8.45. The number of para-hydroxylation sites is 1. The fourth-order valence-electron chi connectivity index (χ4n) is 1.39. The molecule has 0 amide bonds. The number of carbonyl (C=O) groups is 1. The molecule has 0 radical (unpaired) electrons. The van der Waals surface area contributed by atoms with Gasteiger partial charge in [0.2, 0.25) is 0 Å². The summed E-state index contributed by atoms with van der Waals surface area (Å²) >= 11 is 0. The summed E-state index contributed by atoms with van der Waals surface area (Å²) in [5.74, 6) is -0.392. The van der Waals surface area contributed by atoms with Crippen molar-refractivity contribution in [3.8, 4) is 5.69 Å². The number of aliphatic carboxylic acids is 1. The lowest BCUT2D eigenvalue weighted by Crippen LogP contribution is -1.96. The molecule has 0 saturated heterocycles. The number of hydrogen-bond acceptors (Lipinski definition) is 2. The standard InChI is InChI=1S/C12H10N2O2/c15-12(16)7-6-11-13-8-9-14(11)10-4-2-1-3-5-10/h1-9H,(H,15,16)/b7-6+. The highest BCUT2D eigenvalue weighted by atomic mass is 16.4. The Balaban J connectivity index is 2.37. The van der Waals surface area contributed by atoms with E-state index in [2.05, 4.69) is 4.98 Å². The number of carboxylic acids is 1. The van der Waals surface area contributed by atoms with Crippen LogP contribution in [0.1, 0.15) is 5.82 Å². The predicted molar refractivity (Wildman–Crippen MR) is 60.2 cm³/mol. The van der Waals surface area contributed by atoms with Crippen molar-refractivity contribution in [2.24, 2.45) is 0 Å². The van der Waals surface area contributed by atoms with Gasteiger partial charge in [0.15, 0.2) is 0 Å². The first-order chi connectivity index (χ1) is 7.77. The number of imidazole rings is 1. The normalized spacial score (nSPS) is 10.8. The van der Waals surface area contributed by atoms with Gasteiger partial charge in [-0.3, -0.25) is 0 Å². The van der Waals surface area contributed by atoms with Crippen LogP contribution < -0.4 is 0 Å². The maximum absolute atomic E-state index is 10.4. The van der Waals surface area contributed by atoms with Crippen LogP contribution in [0.2, 0.25) is 0 Å². The largest absolute Gasteiger partial charge is 0.478 e. The van der Waals surface area contributed by atoms with E-state index >= 15 is 0 Å². The van der Waals surface area contributed by atoms with Gasteiger partial charge in [-0.15, -0.1) is 0 Å². The van der Waals surface area contributed by atoms with Crippen molar-refractivity contribution < 1.29 is 9.90 Å². The Morgan fingerprint density at radius 3 is 2.75 bits per heavy atom. The van der Waals surface area contributed by atoms with Gasteiger partial charge in [0.1, 0.15) is 5.82 Å². The minimum atomic E-state index is -0.984. The van der Waals surface area contributed by atoms with Gasteiger partial charge in [0.05, 0.1) is 0 Å². The molecule has 80 valence electrons.